The van der Waals surface area contributed by atoms with E-state index < -0.39 is 0 Å². The van der Waals surface area contributed by atoms with E-state index >= 15 is 0 Å². The highest BCUT2D eigenvalue weighted by Crippen LogP contribution is 2.25. The Bertz CT molecular complexity index is 746. The number of carbonyl (C=O) groups excluding carboxylic acids is 1. The van der Waals surface area contributed by atoms with Gasteiger partial charge in [-0.25, -0.2) is 9.97 Å². The van der Waals surface area contributed by atoms with Crippen molar-refractivity contribution in [2.45, 2.75) is 13.8 Å². The summed E-state index contributed by atoms with van der Waals surface area (Å²) in [6.07, 6.45) is 0. The molecule has 2 N–H and O–H groups in total. The molecule has 0 aliphatic carbocycles. The second-order valence-electron chi connectivity index (χ2n) is 6.07. The molecule has 1 aromatic heterocycles. The van der Waals surface area contributed by atoms with Crippen molar-refractivity contribution in [3.63, 3.8) is 0 Å². The van der Waals surface area contributed by atoms with Crippen molar-refractivity contribution in [3.05, 3.63) is 41.3 Å². The first-order chi connectivity index (χ1) is 11.9. The van der Waals surface area contributed by atoms with Crippen LogP contribution in [0, 0.1) is 13.8 Å². The van der Waals surface area contributed by atoms with Crippen molar-refractivity contribution in [1.82, 2.24) is 14.9 Å². The molecule has 1 amide bonds. The number of nitrogens with one attached hydrogen (secondary N) is 2. The fourth-order valence-corrected chi connectivity index (χ4v) is 2.29. The van der Waals surface area contributed by atoms with Crippen LogP contribution in [0.15, 0.2) is 24.3 Å². The SMILES string of the molecule is COc1ccc(C)cc1NC(=O)c1cc(NCCN(C)C)nc(C)n1. The lowest BCUT2D eigenvalue weighted by Gasteiger charge is -2.13. The predicted molar refractivity (Wildman–Crippen MR) is 99.5 cm³/mol. The summed E-state index contributed by atoms with van der Waals surface area (Å²) < 4.78 is 5.30. The van der Waals surface area contributed by atoms with Crippen molar-refractivity contribution in [2.75, 3.05) is 44.9 Å². The third-order valence-corrected chi connectivity index (χ3v) is 3.54. The molecule has 0 spiro atoms. The maximum absolute atomic E-state index is 12.6. The normalized spacial score (nSPS) is 10.6. The number of rotatable bonds is 7. The Kier molecular flexibility index (Phi) is 6.30. The summed E-state index contributed by atoms with van der Waals surface area (Å²) in [4.78, 5) is 23.2. The number of aryl methyl sites for hydroxylation is 2. The minimum absolute atomic E-state index is 0.301. The molecule has 134 valence electrons. The lowest BCUT2D eigenvalue weighted by molar-refractivity contribution is 0.102. The molecule has 2 aromatic rings. The zero-order chi connectivity index (χ0) is 18.4. The maximum atomic E-state index is 12.6. The third-order valence-electron chi connectivity index (χ3n) is 3.54. The number of hydrogen-bond acceptors (Lipinski definition) is 6. The molecule has 2 rings (SSSR count). The average molecular weight is 343 g/mol. The molecular formula is C18H25N5O2. The summed E-state index contributed by atoms with van der Waals surface area (Å²) >= 11 is 0. The van der Waals surface area contributed by atoms with Crippen LogP contribution in [-0.4, -0.2) is 55.1 Å². The van der Waals surface area contributed by atoms with Crippen LogP contribution in [0.2, 0.25) is 0 Å². The van der Waals surface area contributed by atoms with E-state index in [9.17, 15) is 4.79 Å². The number of hydrogen-bond donors (Lipinski definition) is 2. The van der Waals surface area contributed by atoms with E-state index in [1.165, 1.54) is 0 Å². The molecule has 0 bridgehead atoms. The van der Waals surface area contributed by atoms with Gasteiger partial charge in [-0.3, -0.25) is 4.79 Å². The van der Waals surface area contributed by atoms with Gasteiger partial charge >= 0.3 is 0 Å². The lowest BCUT2D eigenvalue weighted by Crippen LogP contribution is -2.22. The molecule has 0 aliphatic rings. The van der Waals surface area contributed by atoms with E-state index in [-0.39, 0.29) is 5.91 Å². The molecule has 7 nitrogen and oxygen atoms in total. The molecule has 0 fully saturated rings. The van der Waals surface area contributed by atoms with Crippen molar-refractivity contribution < 1.29 is 9.53 Å². The molecule has 0 saturated heterocycles. The highest BCUT2D eigenvalue weighted by molar-refractivity contribution is 6.04. The number of anilines is 2. The Balaban J connectivity index is 2.16. The van der Waals surface area contributed by atoms with E-state index in [4.69, 9.17) is 4.74 Å². The Morgan fingerprint density at radius 2 is 1.96 bits per heavy atom. The third kappa shape index (κ3) is 5.42. The number of amides is 1. The molecule has 0 atom stereocenters. The number of nitrogens with zero attached hydrogens (tertiary/aromatic N) is 3. The zero-order valence-electron chi connectivity index (χ0n) is 15.4. The van der Waals surface area contributed by atoms with Gasteiger partial charge in [-0.2, -0.15) is 0 Å². The minimum atomic E-state index is -0.301. The highest BCUT2D eigenvalue weighted by atomic mass is 16.5. The van der Waals surface area contributed by atoms with Gasteiger partial charge in [-0.05, 0) is 45.6 Å². The van der Waals surface area contributed by atoms with Gasteiger partial charge in [0, 0.05) is 19.2 Å². The van der Waals surface area contributed by atoms with E-state index in [0.717, 1.165) is 18.7 Å². The summed E-state index contributed by atoms with van der Waals surface area (Å²) in [7, 11) is 5.57. The van der Waals surface area contributed by atoms with Gasteiger partial charge in [-0.1, -0.05) is 6.07 Å². The minimum Gasteiger partial charge on any atom is -0.495 e. The van der Waals surface area contributed by atoms with Crippen LogP contribution in [0.25, 0.3) is 0 Å². The number of methoxy groups -OCH3 is 1. The van der Waals surface area contributed by atoms with Crippen LogP contribution in [0.5, 0.6) is 5.75 Å². The number of aromatic nitrogens is 2. The number of benzene rings is 1. The van der Waals surface area contributed by atoms with Crippen molar-refractivity contribution >= 4 is 17.4 Å². The molecule has 0 unspecified atom stereocenters. The molecule has 1 aromatic carbocycles. The van der Waals surface area contributed by atoms with Gasteiger partial charge in [-0.15, -0.1) is 0 Å². The smallest absolute Gasteiger partial charge is 0.274 e. The Hall–Kier alpha value is -2.67. The first kappa shape index (κ1) is 18.7. The summed E-state index contributed by atoms with van der Waals surface area (Å²) in [5.74, 6) is 1.48. The van der Waals surface area contributed by atoms with Gasteiger partial charge in [0.15, 0.2) is 0 Å². The summed E-state index contributed by atoms with van der Waals surface area (Å²) in [6.45, 7) is 5.32. The van der Waals surface area contributed by atoms with Crippen LogP contribution in [0.4, 0.5) is 11.5 Å². The second-order valence-corrected chi connectivity index (χ2v) is 6.07. The number of carbonyl (C=O) groups is 1. The largest absolute Gasteiger partial charge is 0.495 e. The highest BCUT2D eigenvalue weighted by Gasteiger charge is 2.13. The average Bonchev–Trinajstić information content (AvgIpc) is 2.54. The zero-order valence-corrected chi connectivity index (χ0v) is 15.4. The van der Waals surface area contributed by atoms with E-state index in [2.05, 4.69) is 25.5 Å². The Labute approximate surface area is 148 Å². The summed E-state index contributed by atoms with van der Waals surface area (Å²) in [6, 6.07) is 7.27. The van der Waals surface area contributed by atoms with Crippen LogP contribution < -0.4 is 15.4 Å². The molecule has 0 radical (unpaired) electrons. The molecule has 1 heterocycles. The van der Waals surface area contributed by atoms with Crippen LogP contribution in [-0.2, 0) is 0 Å². The van der Waals surface area contributed by atoms with E-state index in [1.54, 1.807) is 20.1 Å². The number of ether oxygens (including phenoxy) is 1. The Morgan fingerprint density at radius 3 is 2.64 bits per heavy atom. The first-order valence-corrected chi connectivity index (χ1v) is 8.09. The quantitative estimate of drug-likeness (QED) is 0.803. The van der Waals surface area contributed by atoms with Gasteiger partial charge in [0.1, 0.15) is 23.1 Å². The van der Waals surface area contributed by atoms with Gasteiger partial charge in [0.25, 0.3) is 5.91 Å². The van der Waals surface area contributed by atoms with Crippen molar-refractivity contribution in [1.29, 1.82) is 0 Å². The predicted octanol–water partition coefficient (Wildman–Crippen LogP) is 2.33. The monoisotopic (exact) mass is 343 g/mol. The fraction of sp³-hybridized carbons (Fsp3) is 0.389. The van der Waals surface area contributed by atoms with E-state index in [0.29, 0.717) is 28.8 Å². The molecule has 0 saturated carbocycles. The molecule has 0 aliphatic heterocycles. The van der Waals surface area contributed by atoms with Crippen LogP contribution in [0.1, 0.15) is 21.9 Å². The molecular weight excluding hydrogens is 318 g/mol. The van der Waals surface area contributed by atoms with Crippen molar-refractivity contribution in [3.8, 4) is 5.75 Å². The van der Waals surface area contributed by atoms with E-state index in [1.807, 2.05) is 39.2 Å². The van der Waals surface area contributed by atoms with Crippen LogP contribution in [0.3, 0.4) is 0 Å². The van der Waals surface area contributed by atoms with Crippen molar-refractivity contribution in [2.24, 2.45) is 0 Å². The maximum Gasteiger partial charge on any atom is 0.274 e. The standard InChI is InChI=1S/C18H25N5O2/c1-12-6-7-16(25-5)14(10-12)22-18(24)15-11-17(21-13(2)20-15)19-8-9-23(3)4/h6-7,10-11H,8-9H2,1-5H3,(H,22,24)(H,19,20,21). The Morgan fingerprint density at radius 1 is 1.20 bits per heavy atom. The van der Waals surface area contributed by atoms with Gasteiger partial charge < -0.3 is 20.3 Å². The summed E-state index contributed by atoms with van der Waals surface area (Å²) in [5, 5.41) is 6.07. The van der Waals surface area contributed by atoms with Crippen LogP contribution >= 0.6 is 0 Å². The van der Waals surface area contributed by atoms with Gasteiger partial charge in [0.05, 0.1) is 12.8 Å². The first-order valence-electron chi connectivity index (χ1n) is 8.09. The lowest BCUT2D eigenvalue weighted by atomic mass is 10.2. The fourth-order valence-electron chi connectivity index (χ4n) is 2.29. The number of likely N-dealkylation sites (N-methyl/N-ethyl adjacent to an activating group) is 1. The van der Waals surface area contributed by atoms with Gasteiger partial charge in [0.2, 0.25) is 0 Å². The topological polar surface area (TPSA) is 79.4 Å². The molecule has 7 heteroatoms. The second kappa shape index (κ2) is 8.43. The molecule has 25 heavy (non-hydrogen) atoms. The summed E-state index contributed by atoms with van der Waals surface area (Å²) in [5.41, 5.74) is 1.95.